The Morgan fingerprint density at radius 2 is 1.82 bits per heavy atom. The number of carbonyl (C=O) groups excluding carboxylic acids is 1. The summed E-state index contributed by atoms with van der Waals surface area (Å²) in [6.45, 7) is 8.84. The standard InChI is InChI=1S/C27H35N3O3/c1-18-10-12-29(13-11-18)17-27(31)30-25(22-8-6-19(2)14-20(22)3)16-24(28-30)23-9-7-21(32-4)15-26(23)33-5/h6-9,14-15,18,25H,10-13,16-17H2,1-5H3/t25-/m1/s1. The summed E-state index contributed by atoms with van der Waals surface area (Å²) in [5.41, 5.74) is 5.30. The van der Waals surface area contributed by atoms with E-state index in [2.05, 4.69) is 43.9 Å². The smallest absolute Gasteiger partial charge is 0.257 e. The summed E-state index contributed by atoms with van der Waals surface area (Å²) in [4.78, 5) is 15.8. The first kappa shape index (κ1) is 23.3. The molecule has 0 saturated carbocycles. The number of hydrazone groups is 1. The topological polar surface area (TPSA) is 54.4 Å². The number of amides is 1. The van der Waals surface area contributed by atoms with Crippen molar-refractivity contribution in [3.05, 3.63) is 58.7 Å². The van der Waals surface area contributed by atoms with E-state index >= 15 is 0 Å². The molecule has 6 nitrogen and oxygen atoms in total. The predicted octanol–water partition coefficient (Wildman–Crippen LogP) is 4.73. The van der Waals surface area contributed by atoms with Crippen LogP contribution in [0.5, 0.6) is 11.5 Å². The number of likely N-dealkylation sites (tertiary alicyclic amines) is 1. The lowest BCUT2D eigenvalue weighted by molar-refractivity contribution is -0.134. The highest BCUT2D eigenvalue weighted by atomic mass is 16.5. The van der Waals surface area contributed by atoms with Gasteiger partial charge < -0.3 is 9.47 Å². The highest BCUT2D eigenvalue weighted by molar-refractivity contribution is 6.05. The Balaban J connectivity index is 1.66. The number of rotatable bonds is 6. The summed E-state index contributed by atoms with van der Waals surface area (Å²) in [7, 11) is 3.29. The number of ether oxygens (including phenoxy) is 2. The van der Waals surface area contributed by atoms with Crippen molar-refractivity contribution < 1.29 is 14.3 Å². The van der Waals surface area contributed by atoms with Gasteiger partial charge in [-0.3, -0.25) is 9.69 Å². The maximum atomic E-state index is 13.5. The highest BCUT2D eigenvalue weighted by Crippen LogP contribution is 2.37. The summed E-state index contributed by atoms with van der Waals surface area (Å²) < 4.78 is 11.0. The fourth-order valence-electron chi connectivity index (χ4n) is 4.87. The van der Waals surface area contributed by atoms with Gasteiger partial charge in [-0.2, -0.15) is 5.10 Å². The van der Waals surface area contributed by atoms with Gasteiger partial charge in [0.05, 0.1) is 32.5 Å². The first-order valence-corrected chi connectivity index (χ1v) is 11.8. The SMILES string of the molecule is COc1ccc(C2=NN(C(=O)CN3CCC(C)CC3)[C@@H](c3ccc(C)cc3C)C2)c(OC)c1. The van der Waals surface area contributed by atoms with Gasteiger partial charge in [0.25, 0.3) is 5.91 Å². The molecule has 33 heavy (non-hydrogen) atoms. The maximum absolute atomic E-state index is 13.5. The van der Waals surface area contributed by atoms with Crippen LogP contribution in [0.25, 0.3) is 0 Å². The van der Waals surface area contributed by atoms with E-state index in [-0.39, 0.29) is 11.9 Å². The first-order chi connectivity index (χ1) is 15.9. The molecule has 176 valence electrons. The molecule has 1 amide bonds. The summed E-state index contributed by atoms with van der Waals surface area (Å²) in [5.74, 6) is 2.22. The summed E-state index contributed by atoms with van der Waals surface area (Å²) in [6, 6.07) is 12.1. The molecule has 0 aliphatic carbocycles. The van der Waals surface area contributed by atoms with Gasteiger partial charge in [-0.25, -0.2) is 5.01 Å². The highest BCUT2D eigenvalue weighted by Gasteiger charge is 2.35. The van der Waals surface area contributed by atoms with Crippen LogP contribution < -0.4 is 9.47 Å². The lowest BCUT2D eigenvalue weighted by atomic mass is 9.94. The molecule has 1 atom stereocenters. The van der Waals surface area contributed by atoms with Crippen LogP contribution in [0.2, 0.25) is 0 Å². The number of methoxy groups -OCH3 is 2. The van der Waals surface area contributed by atoms with Gasteiger partial charge in [0, 0.05) is 18.1 Å². The fraction of sp³-hybridized carbons (Fsp3) is 0.481. The van der Waals surface area contributed by atoms with Crippen LogP contribution in [0, 0.1) is 19.8 Å². The van der Waals surface area contributed by atoms with Gasteiger partial charge in [-0.1, -0.05) is 30.7 Å². The Morgan fingerprint density at radius 1 is 1.06 bits per heavy atom. The van der Waals surface area contributed by atoms with Crippen molar-refractivity contribution in [1.29, 1.82) is 0 Å². The largest absolute Gasteiger partial charge is 0.497 e. The molecule has 1 saturated heterocycles. The third-order valence-electron chi connectivity index (χ3n) is 6.90. The van der Waals surface area contributed by atoms with Crippen molar-refractivity contribution in [3.63, 3.8) is 0 Å². The molecule has 2 aromatic carbocycles. The van der Waals surface area contributed by atoms with Crippen molar-refractivity contribution in [2.45, 2.75) is 46.1 Å². The number of aryl methyl sites for hydroxylation is 2. The zero-order valence-electron chi connectivity index (χ0n) is 20.4. The molecule has 1 fully saturated rings. The Labute approximate surface area is 197 Å². The van der Waals surface area contributed by atoms with E-state index in [1.165, 1.54) is 11.1 Å². The van der Waals surface area contributed by atoms with Crippen molar-refractivity contribution in [3.8, 4) is 11.5 Å². The van der Waals surface area contributed by atoms with Gasteiger partial charge in [0.1, 0.15) is 11.5 Å². The molecule has 0 radical (unpaired) electrons. The second-order valence-corrected chi connectivity index (χ2v) is 9.39. The van der Waals surface area contributed by atoms with Gasteiger partial charge >= 0.3 is 0 Å². The predicted molar refractivity (Wildman–Crippen MR) is 131 cm³/mol. The second kappa shape index (κ2) is 9.96. The minimum atomic E-state index is -0.122. The Bertz CT molecular complexity index is 1040. The fourth-order valence-corrected chi connectivity index (χ4v) is 4.87. The molecule has 6 heteroatoms. The average Bonchev–Trinajstić information content (AvgIpc) is 3.25. The number of benzene rings is 2. The molecular formula is C27H35N3O3. The average molecular weight is 450 g/mol. The normalized spacial score (nSPS) is 19.5. The van der Waals surface area contributed by atoms with Crippen molar-refractivity contribution in [2.75, 3.05) is 33.9 Å². The number of hydrogen-bond acceptors (Lipinski definition) is 5. The van der Waals surface area contributed by atoms with Crippen LogP contribution in [-0.2, 0) is 4.79 Å². The van der Waals surface area contributed by atoms with E-state index in [0.717, 1.165) is 54.4 Å². The van der Waals surface area contributed by atoms with Gasteiger partial charge in [0.2, 0.25) is 0 Å². The van der Waals surface area contributed by atoms with Crippen molar-refractivity contribution in [1.82, 2.24) is 9.91 Å². The Morgan fingerprint density at radius 3 is 2.48 bits per heavy atom. The maximum Gasteiger partial charge on any atom is 0.257 e. The van der Waals surface area contributed by atoms with E-state index in [9.17, 15) is 4.79 Å². The lowest BCUT2D eigenvalue weighted by Crippen LogP contribution is -2.41. The monoisotopic (exact) mass is 449 g/mol. The van der Waals surface area contributed by atoms with Crippen LogP contribution in [0.1, 0.15) is 54.5 Å². The van der Waals surface area contributed by atoms with Crippen LogP contribution in [0.15, 0.2) is 41.5 Å². The minimum Gasteiger partial charge on any atom is -0.497 e. The third kappa shape index (κ3) is 5.06. The van der Waals surface area contributed by atoms with Crippen LogP contribution in [0.4, 0.5) is 0 Å². The van der Waals surface area contributed by atoms with E-state index in [4.69, 9.17) is 14.6 Å². The zero-order valence-corrected chi connectivity index (χ0v) is 20.4. The van der Waals surface area contributed by atoms with Crippen LogP contribution >= 0.6 is 0 Å². The molecule has 0 spiro atoms. The molecule has 0 unspecified atom stereocenters. The molecule has 4 rings (SSSR count). The van der Waals surface area contributed by atoms with Crippen molar-refractivity contribution in [2.24, 2.45) is 11.0 Å². The van der Waals surface area contributed by atoms with E-state index < -0.39 is 0 Å². The minimum absolute atomic E-state index is 0.0528. The van der Waals surface area contributed by atoms with Gasteiger partial charge in [-0.15, -0.1) is 0 Å². The lowest BCUT2D eigenvalue weighted by Gasteiger charge is -2.31. The van der Waals surface area contributed by atoms with E-state index in [1.54, 1.807) is 19.2 Å². The Hall–Kier alpha value is -2.86. The number of nitrogens with zero attached hydrogens (tertiary/aromatic N) is 3. The summed E-state index contributed by atoms with van der Waals surface area (Å²) >= 11 is 0. The molecule has 0 N–H and O–H groups in total. The molecule has 2 heterocycles. The van der Waals surface area contributed by atoms with Crippen LogP contribution in [-0.4, -0.2) is 55.4 Å². The molecule has 0 aromatic heterocycles. The molecular weight excluding hydrogens is 414 g/mol. The van der Waals surface area contributed by atoms with E-state index in [0.29, 0.717) is 18.7 Å². The zero-order chi connectivity index (χ0) is 23.5. The molecule has 0 bridgehead atoms. The van der Waals surface area contributed by atoms with Gasteiger partial charge in [-0.05, 0) is 69.0 Å². The number of piperidine rings is 1. The first-order valence-electron chi connectivity index (χ1n) is 11.8. The number of carbonyl (C=O) groups is 1. The van der Waals surface area contributed by atoms with Gasteiger partial charge in [0.15, 0.2) is 0 Å². The van der Waals surface area contributed by atoms with Crippen molar-refractivity contribution >= 4 is 11.6 Å². The summed E-state index contributed by atoms with van der Waals surface area (Å²) in [6.07, 6.45) is 2.94. The third-order valence-corrected chi connectivity index (χ3v) is 6.90. The molecule has 2 aromatic rings. The summed E-state index contributed by atoms with van der Waals surface area (Å²) in [5, 5.41) is 6.59. The molecule has 2 aliphatic rings. The molecule has 2 aliphatic heterocycles. The quantitative estimate of drug-likeness (QED) is 0.640. The van der Waals surface area contributed by atoms with E-state index in [1.807, 2.05) is 18.2 Å². The number of hydrogen-bond donors (Lipinski definition) is 0. The second-order valence-electron chi connectivity index (χ2n) is 9.39. The van der Waals surface area contributed by atoms with Crippen LogP contribution in [0.3, 0.4) is 0 Å². The Kier molecular flexibility index (Phi) is 7.03.